The minimum atomic E-state index is -3.42. The fraction of sp³-hybridized carbons (Fsp3) is 0.500. The minimum Gasteiger partial charge on any atom is -0.354 e. The molecule has 0 aromatic carbocycles. The van der Waals surface area contributed by atoms with Crippen LogP contribution in [0, 0.1) is 5.92 Å². The van der Waals surface area contributed by atoms with Gasteiger partial charge in [0.25, 0.3) is 10.0 Å². The van der Waals surface area contributed by atoms with E-state index in [1.54, 1.807) is 28.8 Å². The van der Waals surface area contributed by atoms with Crippen LogP contribution in [0.25, 0.3) is 0 Å². The summed E-state index contributed by atoms with van der Waals surface area (Å²) in [7, 11) is 0.589. The molecule has 1 aliphatic heterocycles. The van der Waals surface area contributed by atoms with E-state index < -0.39 is 10.0 Å². The van der Waals surface area contributed by atoms with E-state index >= 15 is 0 Å². The lowest BCUT2D eigenvalue weighted by Crippen LogP contribution is -2.44. The molecular weight excluding hydrogens is 402 g/mol. The van der Waals surface area contributed by atoms with Crippen molar-refractivity contribution in [2.24, 2.45) is 5.92 Å². The monoisotopic (exact) mass is 427 g/mol. The van der Waals surface area contributed by atoms with Crippen molar-refractivity contribution >= 4 is 38.6 Å². The molecule has 148 valence electrons. The molecule has 0 aliphatic carbocycles. The van der Waals surface area contributed by atoms with Crippen LogP contribution in [0.1, 0.15) is 23.8 Å². The van der Waals surface area contributed by atoms with Gasteiger partial charge in [-0.1, -0.05) is 12.1 Å². The van der Waals surface area contributed by atoms with Crippen molar-refractivity contribution in [3.05, 3.63) is 39.9 Å². The standard InChI is InChI=1S/C18H25N3O3S3/c1-20(2)15(16-5-3-11-25-16)13-19-18(22)14-7-9-21(10-8-14)27(23,24)17-6-4-12-26-17/h3-6,11-12,14-15H,7-10,13H2,1-2H3,(H,19,22). The van der Waals surface area contributed by atoms with Gasteiger partial charge in [0.1, 0.15) is 4.21 Å². The Balaban J connectivity index is 1.53. The molecule has 2 aromatic rings. The Morgan fingerprint density at radius 3 is 2.44 bits per heavy atom. The van der Waals surface area contributed by atoms with Crippen LogP contribution < -0.4 is 5.32 Å². The van der Waals surface area contributed by atoms with Crippen LogP contribution in [0.2, 0.25) is 0 Å². The van der Waals surface area contributed by atoms with Gasteiger partial charge in [-0.05, 0) is 49.8 Å². The maximum Gasteiger partial charge on any atom is 0.252 e. The Bertz CT molecular complexity index is 825. The molecular formula is C18H25N3O3S3. The fourth-order valence-corrected chi connectivity index (χ4v) is 6.79. The second-order valence-electron chi connectivity index (χ2n) is 6.85. The van der Waals surface area contributed by atoms with Crippen molar-refractivity contribution in [3.63, 3.8) is 0 Å². The quantitative estimate of drug-likeness (QED) is 0.738. The largest absolute Gasteiger partial charge is 0.354 e. The molecule has 1 unspecified atom stereocenters. The number of nitrogens with one attached hydrogen (secondary N) is 1. The van der Waals surface area contributed by atoms with Gasteiger partial charge in [0.15, 0.2) is 0 Å². The van der Waals surface area contributed by atoms with Crippen molar-refractivity contribution in [2.75, 3.05) is 33.7 Å². The van der Waals surface area contributed by atoms with Gasteiger partial charge in [0.2, 0.25) is 5.91 Å². The zero-order chi connectivity index (χ0) is 19.4. The highest BCUT2D eigenvalue weighted by atomic mass is 32.2. The van der Waals surface area contributed by atoms with E-state index in [0.29, 0.717) is 36.7 Å². The Hall–Kier alpha value is -1.26. The first kappa shape index (κ1) is 20.5. The molecule has 1 amide bonds. The Labute approximate surface area is 168 Å². The maximum absolute atomic E-state index is 12.6. The van der Waals surface area contributed by atoms with Crippen LogP contribution in [0.15, 0.2) is 39.2 Å². The summed E-state index contributed by atoms with van der Waals surface area (Å²) in [6.07, 6.45) is 1.12. The number of amides is 1. The van der Waals surface area contributed by atoms with Gasteiger partial charge in [0.05, 0.1) is 6.04 Å². The van der Waals surface area contributed by atoms with Gasteiger partial charge in [-0.15, -0.1) is 22.7 Å². The molecule has 1 saturated heterocycles. The smallest absolute Gasteiger partial charge is 0.252 e. The molecule has 1 N–H and O–H groups in total. The van der Waals surface area contributed by atoms with Gasteiger partial charge in [-0.25, -0.2) is 8.42 Å². The van der Waals surface area contributed by atoms with Gasteiger partial charge >= 0.3 is 0 Å². The molecule has 3 rings (SSSR count). The first-order valence-electron chi connectivity index (χ1n) is 8.91. The number of hydrogen-bond acceptors (Lipinski definition) is 6. The second kappa shape index (κ2) is 8.83. The van der Waals surface area contributed by atoms with E-state index in [1.165, 1.54) is 20.5 Å². The van der Waals surface area contributed by atoms with Gasteiger partial charge in [-0.2, -0.15) is 4.31 Å². The number of nitrogens with zero attached hydrogens (tertiary/aromatic N) is 2. The molecule has 9 heteroatoms. The van der Waals surface area contributed by atoms with Crippen molar-refractivity contribution in [1.29, 1.82) is 0 Å². The van der Waals surface area contributed by atoms with Crippen LogP contribution in [0.4, 0.5) is 0 Å². The first-order chi connectivity index (χ1) is 12.9. The molecule has 1 fully saturated rings. The van der Waals surface area contributed by atoms with Gasteiger partial charge < -0.3 is 10.2 Å². The van der Waals surface area contributed by atoms with Crippen molar-refractivity contribution < 1.29 is 13.2 Å². The molecule has 1 aliphatic rings. The van der Waals surface area contributed by atoms with E-state index in [0.717, 1.165) is 0 Å². The van der Waals surface area contributed by atoms with E-state index in [1.807, 2.05) is 25.5 Å². The second-order valence-corrected chi connectivity index (χ2v) is 10.9. The molecule has 0 bridgehead atoms. The number of thiophene rings is 2. The third kappa shape index (κ3) is 4.78. The fourth-order valence-electron chi connectivity index (χ4n) is 3.26. The summed E-state index contributed by atoms with van der Waals surface area (Å²) in [5.41, 5.74) is 0. The van der Waals surface area contributed by atoms with Crippen LogP contribution >= 0.6 is 22.7 Å². The van der Waals surface area contributed by atoms with Crippen molar-refractivity contribution in [2.45, 2.75) is 23.1 Å². The van der Waals surface area contributed by atoms with Gasteiger partial charge in [-0.3, -0.25) is 4.79 Å². The van der Waals surface area contributed by atoms with Crippen molar-refractivity contribution in [1.82, 2.24) is 14.5 Å². The number of rotatable bonds is 7. The minimum absolute atomic E-state index is 0.0200. The molecule has 3 heterocycles. The van der Waals surface area contributed by atoms with E-state index in [4.69, 9.17) is 0 Å². The lowest BCUT2D eigenvalue weighted by Gasteiger charge is -2.31. The number of likely N-dealkylation sites (N-methyl/N-ethyl adjacent to an activating group) is 1. The summed E-state index contributed by atoms with van der Waals surface area (Å²) in [5.74, 6) is -0.113. The SMILES string of the molecule is CN(C)C(CNC(=O)C1CCN(S(=O)(=O)c2cccs2)CC1)c1cccs1. The highest BCUT2D eigenvalue weighted by Crippen LogP contribution is 2.27. The topological polar surface area (TPSA) is 69.7 Å². The molecule has 1 atom stereocenters. The lowest BCUT2D eigenvalue weighted by molar-refractivity contribution is -0.126. The van der Waals surface area contributed by atoms with Crippen LogP contribution in [0.3, 0.4) is 0 Å². The Kier molecular flexibility index (Phi) is 6.69. The molecule has 2 aromatic heterocycles. The summed E-state index contributed by atoms with van der Waals surface area (Å²) in [5, 5.41) is 6.87. The number of carbonyl (C=O) groups is 1. The number of sulfonamides is 1. The molecule has 0 spiro atoms. The van der Waals surface area contributed by atoms with Crippen LogP contribution in [-0.4, -0.2) is 57.3 Å². The Morgan fingerprint density at radius 1 is 1.22 bits per heavy atom. The number of piperidine rings is 1. The normalized spacial score (nSPS) is 17.9. The third-order valence-corrected chi connectivity index (χ3v) is 9.12. The summed E-state index contributed by atoms with van der Waals surface area (Å²) >= 11 is 2.91. The van der Waals surface area contributed by atoms with E-state index in [9.17, 15) is 13.2 Å². The predicted octanol–water partition coefficient (Wildman–Crippen LogP) is 2.63. The Morgan fingerprint density at radius 2 is 1.89 bits per heavy atom. The maximum atomic E-state index is 12.6. The lowest BCUT2D eigenvalue weighted by atomic mass is 9.97. The zero-order valence-electron chi connectivity index (χ0n) is 15.5. The highest BCUT2D eigenvalue weighted by Gasteiger charge is 2.32. The number of hydrogen-bond donors (Lipinski definition) is 1. The van der Waals surface area contributed by atoms with E-state index in [-0.39, 0.29) is 17.9 Å². The predicted molar refractivity (Wildman–Crippen MR) is 110 cm³/mol. The molecule has 6 nitrogen and oxygen atoms in total. The number of carbonyl (C=O) groups excluding carboxylic acids is 1. The van der Waals surface area contributed by atoms with E-state index in [2.05, 4.69) is 16.3 Å². The zero-order valence-corrected chi connectivity index (χ0v) is 17.9. The van der Waals surface area contributed by atoms with Crippen LogP contribution in [0.5, 0.6) is 0 Å². The summed E-state index contributed by atoms with van der Waals surface area (Å²) in [4.78, 5) is 15.9. The highest BCUT2D eigenvalue weighted by molar-refractivity contribution is 7.91. The third-order valence-electron chi connectivity index (χ3n) is 4.88. The summed E-state index contributed by atoms with van der Waals surface area (Å²) in [6.45, 7) is 1.33. The van der Waals surface area contributed by atoms with Crippen molar-refractivity contribution in [3.8, 4) is 0 Å². The molecule has 0 saturated carbocycles. The molecule has 27 heavy (non-hydrogen) atoms. The first-order valence-corrected chi connectivity index (χ1v) is 12.1. The molecule has 0 radical (unpaired) electrons. The summed E-state index contributed by atoms with van der Waals surface area (Å²) < 4.78 is 27.0. The average Bonchev–Trinajstić information content (AvgIpc) is 3.36. The van der Waals surface area contributed by atoms with Crippen LogP contribution in [-0.2, 0) is 14.8 Å². The average molecular weight is 428 g/mol. The summed E-state index contributed by atoms with van der Waals surface area (Å²) in [6, 6.07) is 7.61. The van der Waals surface area contributed by atoms with Gasteiger partial charge in [0, 0.05) is 30.4 Å².